The summed E-state index contributed by atoms with van der Waals surface area (Å²) in [5.74, 6) is 0.105. The number of hydrogen-bond donors (Lipinski definition) is 2. The number of para-hydroxylation sites is 1. The average molecular weight is 407 g/mol. The molecule has 8 nitrogen and oxygen atoms in total. The minimum atomic E-state index is -0.682. The summed E-state index contributed by atoms with van der Waals surface area (Å²) in [5, 5.41) is 14.9. The van der Waals surface area contributed by atoms with Crippen LogP contribution in [-0.2, 0) is 6.54 Å². The van der Waals surface area contributed by atoms with E-state index in [9.17, 15) is 14.9 Å². The van der Waals surface area contributed by atoms with Crippen LogP contribution in [0, 0.1) is 10.1 Å². The van der Waals surface area contributed by atoms with Gasteiger partial charge in [0.1, 0.15) is 5.75 Å². The molecule has 1 atom stereocenters. The summed E-state index contributed by atoms with van der Waals surface area (Å²) in [4.78, 5) is 24.6. The Labute approximate surface area is 169 Å². The first-order chi connectivity index (χ1) is 13.0. The Morgan fingerprint density at radius 1 is 1.36 bits per heavy atom. The van der Waals surface area contributed by atoms with Gasteiger partial charge in [-0.3, -0.25) is 19.8 Å². The summed E-state index contributed by atoms with van der Waals surface area (Å²) >= 11 is 0. The third kappa shape index (κ3) is 4.59. The maximum atomic E-state index is 11.5. The molecular weight excluding hydrogens is 384 g/mol. The van der Waals surface area contributed by atoms with Gasteiger partial charge in [-0.05, 0) is 12.1 Å². The van der Waals surface area contributed by atoms with Crippen molar-refractivity contribution in [1.29, 1.82) is 0 Å². The molecule has 2 aromatic rings. The number of carbonyl (C=O) groups is 1. The summed E-state index contributed by atoms with van der Waals surface area (Å²) in [7, 11) is 1.63. The SMILES string of the molecule is COc1ccccc1C1CNCCN1Cc1ccc(C(N)=O)cc1[N+](=O)[O-].Cl. The van der Waals surface area contributed by atoms with E-state index in [0.717, 1.165) is 24.4 Å². The van der Waals surface area contributed by atoms with Crippen molar-refractivity contribution in [3.8, 4) is 5.75 Å². The van der Waals surface area contributed by atoms with Crippen LogP contribution >= 0.6 is 12.4 Å². The smallest absolute Gasteiger partial charge is 0.274 e. The van der Waals surface area contributed by atoms with Crippen molar-refractivity contribution in [3.05, 3.63) is 69.3 Å². The number of nitrogens with zero attached hydrogens (tertiary/aromatic N) is 2. The second-order valence-corrected chi connectivity index (χ2v) is 6.40. The largest absolute Gasteiger partial charge is 0.496 e. The number of amides is 1. The number of benzene rings is 2. The molecule has 0 aliphatic carbocycles. The van der Waals surface area contributed by atoms with E-state index in [1.807, 2.05) is 24.3 Å². The molecule has 1 heterocycles. The zero-order valence-electron chi connectivity index (χ0n) is 15.5. The fraction of sp³-hybridized carbons (Fsp3) is 0.316. The molecule has 1 saturated heterocycles. The van der Waals surface area contributed by atoms with Gasteiger partial charge in [-0.1, -0.05) is 24.3 Å². The second-order valence-electron chi connectivity index (χ2n) is 6.40. The van der Waals surface area contributed by atoms with Gasteiger partial charge >= 0.3 is 0 Å². The van der Waals surface area contributed by atoms with Crippen LogP contribution in [0.15, 0.2) is 42.5 Å². The fourth-order valence-corrected chi connectivity index (χ4v) is 3.42. The molecule has 1 unspecified atom stereocenters. The molecule has 1 fully saturated rings. The highest BCUT2D eigenvalue weighted by atomic mass is 35.5. The Balaban J connectivity index is 0.00000280. The molecule has 0 bridgehead atoms. The lowest BCUT2D eigenvalue weighted by Crippen LogP contribution is -2.45. The third-order valence-electron chi connectivity index (χ3n) is 4.79. The lowest BCUT2D eigenvalue weighted by molar-refractivity contribution is -0.385. The van der Waals surface area contributed by atoms with E-state index in [1.54, 1.807) is 13.2 Å². The normalized spacial score (nSPS) is 16.8. The van der Waals surface area contributed by atoms with Crippen molar-refractivity contribution < 1.29 is 14.5 Å². The fourth-order valence-electron chi connectivity index (χ4n) is 3.42. The Morgan fingerprint density at radius 3 is 2.79 bits per heavy atom. The lowest BCUT2D eigenvalue weighted by atomic mass is 10.0. The zero-order chi connectivity index (χ0) is 19.4. The van der Waals surface area contributed by atoms with E-state index in [-0.39, 0.29) is 29.7 Å². The molecule has 0 spiro atoms. The van der Waals surface area contributed by atoms with Gasteiger partial charge in [0.05, 0.1) is 18.1 Å². The van der Waals surface area contributed by atoms with Crippen LogP contribution in [-0.4, -0.2) is 42.5 Å². The summed E-state index contributed by atoms with van der Waals surface area (Å²) in [6.45, 7) is 2.63. The molecule has 0 saturated carbocycles. The summed E-state index contributed by atoms with van der Waals surface area (Å²) in [6.07, 6.45) is 0. The number of ether oxygens (including phenoxy) is 1. The van der Waals surface area contributed by atoms with E-state index in [2.05, 4.69) is 10.2 Å². The number of rotatable bonds is 6. The number of nitro groups is 1. The molecule has 28 heavy (non-hydrogen) atoms. The minimum Gasteiger partial charge on any atom is -0.496 e. The van der Waals surface area contributed by atoms with E-state index in [0.29, 0.717) is 18.7 Å². The minimum absolute atomic E-state index is 0. The van der Waals surface area contributed by atoms with Crippen molar-refractivity contribution in [1.82, 2.24) is 10.2 Å². The first-order valence-electron chi connectivity index (χ1n) is 8.66. The van der Waals surface area contributed by atoms with E-state index < -0.39 is 10.8 Å². The maximum absolute atomic E-state index is 11.5. The summed E-state index contributed by atoms with van der Waals surface area (Å²) in [6, 6.07) is 12.2. The third-order valence-corrected chi connectivity index (χ3v) is 4.79. The zero-order valence-corrected chi connectivity index (χ0v) is 16.3. The molecule has 0 radical (unpaired) electrons. The highest BCUT2D eigenvalue weighted by Gasteiger charge is 2.28. The Bertz CT molecular complexity index is 862. The van der Waals surface area contributed by atoms with Crippen LogP contribution in [0.2, 0.25) is 0 Å². The van der Waals surface area contributed by atoms with Gasteiger partial charge in [-0.25, -0.2) is 0 Å². The van der Waals surface area contributed by atoms with Crippen molar-refractivity contribution in [2.75, 3.05) is 26.7 Å². The van der Waals surface area contributed by atoms with Gasteiger partial charge < -0.3 is 15.8 Å². The maximum Gasteiger partial charge on any atom is 0.274 e. The average Bonchev–Trinajstić information content (AvgIpc) is 2.68. The number of nitrogens with one attached hydrogen (secondary N) is 1. The van der Waals surface area contributed by atoms with Crippen molar-refractivity contribution in [2.24, 2.45) is 5.73 Å². The van der Waals surface area contributed by atoms with Crippen molar-refractivity contribution in [2.45, 2.75) is 12.6 Å². The van der Waals surface area contributed by atoms with E-state index in [4.69, 9.17) is 10.5 Å². The number of nitro benzene ring substituents is 1. The van der Waals surface area contributed by atoms with E-state index in [1.165, 1.54) is 12.1 Å². The molecule has 2 aromatic carbocycles. The Morgan fingerprint density at radius 2 is 2.11 bits per heavy atom. The van der Waals surface area contributed by atoms with Crippen LogP contribution in [0.1, 0.15) is 27.5 Å². The highest BCUT2D eigenvalue weighted by molar-refractivity contribution is 5.93. The van der Waals surface area contributed by atoms with Crippen LogP contribution < -0.4 is 15.8 Å². The number of methoxy groups -OCH3 is 1. The number of primary amides is 1. The molecule has 3 rings (SSSR count). The molecule has 1 aliphatic heterocycles. The van der Waals surface area contributed by atoms with Crippen LogP contribution in [0.25, 0.3) is 0 Å². The first kappa shape index (κ1) is 21.6. The number of halogens is 1. The molecule has 1 aliphatic rings. The summed E-state index contributed by atoms with van der Waals surface area (Å²) < 4.78 is 5.49. The quantitative estimate of drug-likeness (QED) is 0.562. The monoisotopic (exact) mass is 406 g/mol. The predicted octanol–water partition coefficient (Wildman–Crippen LogP) is 2.27. The van der Waals surface area contributed by atoms with Gasteiger partial charge in [0, 0.05) is 48.9 Å². The Hall–Kier alpha value is -2.68. The molecule has 3 N–H and O–H groups in total. The number of nitrogens with two attached hydrogens (primary N) is 1. The second kappa shape index (κ2) is 9.50. The topological polar surface area (TPSA) is 111 Å². The molecule has 0 aromatic heterocycles. The van der Waals surface area contributed by atoms with Gasteiger partial charge in [0.2, 0.25) is 5.91 Å². The predicted molar refractivity (Wildman–Crippen MR) is 108 cm³/mol. The molecule has 150 valence electrons. The Kier molecular flexibility index (Phi) is 7.33. The van der Waals surface area contributed by atoms with Gasteiger partial charge in [-0.2, -0.15) is 0 Å². The molecule has 9 heteroatoms. The van der Waals surface area contributed by atoms with Crippen molar-refractivity contribution >= 4 is 24.0 Å². The van der Waals surface area contributed by atoms with Crippen LogP contribution in [0.4, 0.5) is 5.69 Å². The standard InChI is InChI=1S/C19H22N4O4.ClH/c1-27-18-5-3-2-4-15(18)17-11-21-8-9-22(17)12-14-7-6-13(19(20)24)10-16(14)23(25)26;/h2-7,10,17,21H,8-9,11-12H2,1H3,(H2,20,24);1H. The number of hydrogen-bond acceptors (Lipinski definition) is 6. The number of piperazine rings is 1. The highest BCUT2D eigenvalue weighted by Crippen LogP contribution is 2.32. The van der Waals surface area contributed by atoms with Gasteiger partial charge in [-0.15, -0.1) is 12.4 Å². The van der Waals surface area contributed by atoms with Crippen LogP contribution in [0.5, 0.6) is 5.75 Å². The lowest BCUT2D eigenvalue weighted by Gasteiger charge is -2.37. The molecule has 1 amide bonds. The molecular formula is C19H23ClN4O4. The van der Waals surface area contributed by atoms with Gasteiger partial charge in [0.15, 0.2) is 0 Å². The summed E-state index contributed by atoms with van der Waals surface area (Å²) in [5.41, 5.74) is 6.87. The first-order valence-corrected chi connectivity index (χ1v) is 8.66. The van der Waals surface area contributed by atoms with Crippen molar-refractivity contribution in [3.63, 3.8) is 0 Å². The number of carbonyl (C=O) groups excluding carboxylic acids is 1. The van der Waals surface area contributed by atoms with Crippen LogP contribution in [0.3, 0.4) is 0 Å². The van der Waals surface area contributed by atoms with Gasteiger partial charge in [0.25, 0.3) is 5.69 Å². The van der Waals surface area contributed by atoms with E-state index >= 15 is 0 Å².